The minimum Gasteiger partial charge on any atom is -0.465 e. The van der Waals surface area contributed by atoms with Crippen LogP contribution in [0, 0.1) is 6.92 Å². The number of aromatic nitrogens is 4. The van der Waals surface area contributed by atoms with Crippen LogP contribution in [0.4, 0.5) is 0 Å². The molecular weight excluding hydrogens is 384 g/mol. The van der Waals surface area contributed by atoms with E-state index in [-0.39, 0.29) is 5.78 Å². The SMILES string of the molecule is Cc1c(C(=O)C(C)Oc2cnc(Br)cn2)cnn1Cc1ccccc1. The molecule has 2 heterocycles. The summed E-state index contributed by atoms with van der Waals surface area (Å²) in [6, 6.07) is 9.99. The monoisotopic (exact) mass is 400 g/mol. The van der Waals surface area contributed by atoms with E-state index in [2.05, 4.69) is 31.0 Å². The van der Waals surface area contributed by atoms with Crippen molar-refractivity contribution in [1.82, 2.24) is 19.7 Å². The largest absolute Gasteiger partial charge is 0.465 e. The molecule has 0 saturated heterocycles. The molecule has 0 bridgehead atoms. The maximum absolute atomic E-state index is 12.7. The average molecular weight is 401 g/mol. The van der Waals surface area contributed by atoms with Gasteiger partial charge in [0.2, 0.25) is 11.7 Å². The lowest BCUT2D eigenvalue weighted by molar-refractivity contribution is 0.0809. The summed E-state index contributed by atoms with van der Waals surface area (Å²) < 4.78 is 8.01. The first kappa shape index (κ1) is 17.3. The lowest BCUT2D eigenvalue weighted by atomic mass is 10.1. The topological polar surface area (TPSA) is 69.9 Å². The lowest BCUT2D eigenvalue weighted by Crippen LogP contribution is -2.25. The number of hydrogen-bond acceptors (Lipinski definition) is 5. The van der Waals surface area contributed by atoms with Gasteiger partial charge in [0.25, 0.3) is 0 Å². The third-order valence-electron chi connectivity index (χ3n) is 3.81. The van der Waals surface area contributed by atoms with E-state index in [0.29, 0.717) is 22.6 Å². The minimum atomic E-state index is -0.677. The second-order valence-corrected chi connectivity index (χ2v) is 6.40. The second kappa shape index (κ2) is 7.57. The standard InChI is InChI=1S/C18H17BrN4O2/c1-12-15(8-22-23(12)11-14-6-4-3-5-7-14)18(24)13(2)25-17-10-20-16(19)9-21-17/h3-10,13H,11H2,1-2H3. The van der Waals surface area contributed by atoms with E-state index in [9.17, 15) is 4.79 Å². The van der Waals surface area contributed by atoms with Gasteiger partial charge in [0.15, 0.2) is 6.10 Å². The third-order valence-corrected chi connectivity index (χ3v) is 4.22. The van der Waals surface area contributed by atoms with Gasteiger partial charge in [-0.25, -0.2) is 9.97 Å². The average Bonchev–Trinajstić information content (AvgIpc) is 2.98. The molecule has 0 radical (unpaired) electrons. The fourth-order valence-corrected chi connectivity index (χ4v) is 2.62. The van der Waals surface area contributed by atoms with Crippen molar-refractivity contribution in [1.29, 1.82) is 0 Å². The molecule has 0 amide bonds. The molecule has 0 aliphatic heterocycles. The molecule has 0 saturated carbocycles. The maximum Gasteiger partial charge on any atom is 0.233 e. The van der Waals surface area contributed by atoms with Gasteiger partial charge < -0.3 is 4.74 Å². The van der Waals surface area contributed by atoms with Crippen LogP contribution in [0.5, 0.6) is 5.88 Å². The highest BCUT2D eigenvalue weighted by atomic mass is 79.9. The zero-order chi connectivity index (χ0) is 17.8. The van der Waals surface area contributed by atoms with Crippen molar-refractivity contribution in [3.05, 3.63) is 70.3 Å². The number of Topliss-reactive ketones (excluding diaryl/α,β-unsaturated/α-hetero) is 1. The Morgan fingerprint density at radius 1 is 1.20 bits per heavy atom. The van der Waals surface area contributed by atoms with Crippen molar-refractivity contribution in [2.45, 2.75) is 26.5 Å². The first-order valence-electron chi connectivity index (χ1n) is 7.79. The van der Waals surface area contributed by atoms with Crippen molar-refractivity contribution in [3.8, 4) is 5.88 Å². The molecule has 0 spiro atoms. The Bertz CT molecular complexity index is 863. The van der Waals surface area contributed by atoms with Crippen LogP contribution < -0.4 is 4.74 Å². The summed E-state index contributed by atoms with van der Waals surface area (Å²) in [6.07, 6.45) is 3.91. The molecule has 0 aliphatic carbocycles. The molecule has 128 valence electrons. The Balaban J connectivity index is 1.72. The van der Waals surface area contributed by atoms with Crippen LogP contribution in [0.15, 0.2) is 53.5 Å². The van der Waals surface area contributed by atoms with E-state index in [1.54, 1.807) is 13.1 Å². The zero-order valence-corrected chi connectivity index (χ0v) is 15.5. The zero-order valence-electron chi connectivity index (χ0n) is 13.9. The first-order chi connectivity index (χ1) is 12.0. The highest BCUT2D eigenvalue weighted by molar-refractivity contribution is 9.10. The van der Waals surface area contributed by atoms with Crippen molar-refractivity contribution in [3.63, 3.8) is 0 Å². The molecule has 1 unspecified atom stereocenters. The van der Waals surface area contributed by atoms with Crippen LogP contribution in [-0.4, -0.2) is 31.6 Å². The van der Waals surface area contributed by atoms with Gasteiger partial charge in [-0.15, -0.1) is 0 Å². The van der Waals surface area contributed by atoms with Gasteiger partial charge in [-0.3, -0.25) is 9.48 Å². The Hall–Kier alpha value is -2.54. The maximum atomic E-state index is 12.7. The van der Waals surface area contributed by atoms with E-state index in [4.69, 9.17) is 4.74 Å². The summed E-state index contributed by atoms with van der Waals surface area (Å²) in [4.78, 5) is 20.8. The number of ether oxygens (including phenoxy) is 1. The summed E-state index contributed by atoms with van der Waals surface area (Å²) in [6.45, 7) is 4.20. The van der Waals surface area contributed by atoms with Gasteiger partial charge in [0, 0.05) is 5.69 Å². The number of halogens is 1. The molecule has 0 aliphatic rings. The summed E-state index contributed by atoms with van der Waals surface area (Å²) in [5.74, 6) is 0.167. The smallest absolute Gasteiger partial charge is 0.233 e. The fraction of sp³-hybridized carbons (Fsp3) is 0.222. The van der Waals surface area contributed by atoms with E-state index in [0.717, 1.165) is 11.3 Å². The number of nitrogens with zero attached hydrogens (tertiary/aromatic N) is 4. The Morgan fingerprint density at radius 3 is 2.64 bits per heavy atom. The normalized spacial score (nSPS) is 12.0. The number of rotatable bonds is 6. The van der Waals surface area contributed by atoms with Gasteiger partial charge in [-0.2, -0.15) is 5.10 Å². The van der Waals surface area contributed by atoms with Crippen LogP contribution in [0.2, 0.25) is 0 Å². The van der Waals surface area contributed by atoms with Crippen LogP contribution in [0.3, 0.4) is 0 Å². The van der Waals surface area contributed by atoms with Crippen molar-refractivity contribution in [2.75, 3.05) is 0 Å². The third kappa shape index (κ3) is 4.11. The Labute approximate surface area is 154 Å². The molecule has 0 N–H and O–H groups in total. The first-order valence-corrected chi connectivity index (χ1v) is 8.58. The Morgan fingerprint density at radius 2 is 1.96 bits per heavy atom. The van der Waals surface area contributed by atoms with Crippen LogP contribution in [0.25, 0.3) is 0 Å². The van der Waals surface area contributed by atoms with E-state index < -0.39 is 6.10 Å². The number of carbonyl (C=O) groups excluding carboxylic acids is 1. The highest BCUT2D eigenvalue weighted by Crippen LogP contribution is 2.16. The quantitative estimate of drug-likeness (QED) is 0.592. The number of hydrogen-bond donors (Lipinski definition) is 0. The van der Waals surface area contributed by atoms with Gasteiger partial charge in [0.05, 0.1) is 30.7 Å². The molecule has 25 heavy (non-hydrogen) atoms. The highest BCUT2D eigenvalue weighted by Gasteiger charge is 2.22. The summed E-state index contributed by atoms with van der Waals surface area (Å²) in [7, 11) is 0. The van der Waals surface area contributed by atoms with Crippen molar-refractivity contribution < 1.29 is 9.53 Å². The molecule has 7 heteroatoms. The summed E-state index contributed by atoms with van der Waals surface area (Å²) in [5.41, 5.74) is 2.49. The minimum absolute atomic E-state index is 0.137. The Kier molecular flexibility index (Phi) is 5.23. The van der Waals surface area contributed by atoms with E-state index >= 15 is 0 Å². The van der Waals surface area contributed by atoms with E-state index in [1.165, 1.54) is 12.4 Å². The molecule has 3 rings (SSSR count). The predicted molar refractivity (Wildman–Crippen MR) is 96.7 cm³/mol. The molecular formula is C18H17BrN4O2. The predicted octanol–water partition coefficient (Wildman–Crippen LogP) is 3.44. The second-order valence-electron chi connectivity index (χ2n) is 5.59. The van der Waals surface area contributed by atoms with Crippen molar-refractivity contribution in [2.24, 2.45) is 0 Å². The van der Waals surface area contributed by atoms with Crippen LogP contribution >= 0.6 is 15.9 Å². The van der Waals surface area contributed by atoms with Crippen LogP contribution in [-0.2, 0) is 6.54 Å². The number of carbonyl (C=O) groups is 1. The van der Waals surface area contributed by atoms with Gasteiger partial charge in [0.1, 0.15) is 4.60 Å². The van der Waals surface area contributed by atoms with Crippen molar-refractivity contribution >= 4 is 21.7 Å². The summed E-state index contributed by atoms with van der Waals surface area (Å²) >= 11 is 3.21. The molecule has 6 nitrogen and oxygen atoms in total. The summed E-state index contributed by atoms with van der Waals surface area (Å²) in [5, 5.41) is 4.34. The van der Waals surface area contributed by atoms with Crippen LogP contribution in [0.1, 0.15) is 28.5 Å². The number of benzene rings is 1. The molecule has 2 aromatic heterocycles. The fourth-order valence-electron chi connectivity index (χ4n) is 2.42. The molecule has 3 aromatic rings. The van der Waals surface area contributed by atoms with E-state index in [1.807, 2.05) is 41.9 Å². The molecule has 0 fully saturated rings. The van der Waals surface area contributed by atoms with Gasteiger partial charge in [-0.1, -0.05) is 30.3 Å². The molecule has 1 aromatic carbocycles. The van der Waals surface area contributed by atoms with Gasteiger partial charge >= 0.3 is 0 Å². The van der Waals surface area contributed by atoms with Gasteiger partial charge in [-0.05, 0) is 35.3 Å². The molecule has 1 atom stereocenters. The number of ketones is 1. The lowest BCUT2D eigenvalue weighted by Gasteiger charge is -2.12.